The lowest BCUT2D eigenvalue weighted by Gasteiger charge is -2.34. The van der Waals surface area contributed by atoms with Crippen molar-refractivity contribution in [3.63, 3.8) is 0 Å². The third-order valence-corrected chi connectivity index (χ3v) is 7.22. The van der Waals surface area contributed by atoms with Crippen LogP contribution in [-0.4, -0.2) is 25.5 Å². The molecule has 3 aromatic carbocycles. The normalized spacial score (nSPS) is 16.9. The molecule has 2 aliphatic rings. The molecule has 1 aliphatic carbocycles. The summed E-state index contributed by atoms with van der Waals surface area (Å²) in [5.74, 6) is 0.224. The molecule has 0 bridgehead atoms. The van der Waals surface area contributed by atoms with E-state index in [1.54, 1.807) is 7.11 Å². The first-order valence-electron chi connectivity index (χ1n) is 13.3. The SMILES string of the molecule is COc1cc(C2C(C(=O)OCCc3ccccc3)=C(C)NC3=C2C(=O)CCC3)ccc1OCc1ccccc1. The first-order chi connectivity index (χ1) is 19.0. The van der Waals surface area contributed by atoms with Crippen LogP contribution in [0.4, 0.5) is 0 Å². The Morgan fingerprint density at radius 1 is 0.923 bits per heavy atom. The molecule has 0 spiro atoms. The van der Waals surface area contributed by atoms with Crippen LogP contribution in [0.5, 0.6) is 11.5 Å². The van der Waals surface area contributed by atoms with Gasteiger partial charge in [0.05, 0.1) is 19.3 Å². The number of nitrogens with one attached hydrogen (secondary N) is 1. The number of dihydropyridines is 1. The number of allylic oxidation sites excluding steroid dienone is 3. The first-order valence-corrected chi connectivity index (χ1v) is 13.3. The zero-order valence-corrected chi connectivity index (χ0v) is 22.4. The lowest BCUT2D eigenvalue weighted by atomic mass is 9.75. The number of carbonyl (C=O) groups excluding carboxylic acids is 2. The van der Waals surface area contributed by atoms with Crippen LogP contribution in [0.3, 0.4) is 0 Å². The monoisotopic (exact) mass is 523 g/mol. The van der Waals surface area contributed by atoms with Gasteiger partial charge in [0.25, 0.3) is 0 Å². The molecule has 0 saturated heterocycles. The van der Waals surface area contributed by atoms with Gasteiger partial charge in [-0.2, -0.15) is 0 Å². The fourth-order valence-corrected chi connectivity index (χ4v) is 5.29. The predicted molar refractivity (Wildman–Crippen MR) is 149 cm³/mol. The van der Waals surface area contributed by atoms with Gasteiger partial charge in [-0.3, -0.25) is 4.79 Å². The molecule has 1 heterocycles. The molecule has 1 aliphatic heterocycles. The minimum atomic E-state index is -0.546. The highest BCUT2D eigenvalue weighted by Gasteiger charge is 2.39. The van der Waals surface area contributed by atoms with Crippen molar-refractivity contribution in [2.24, 2.45) is 0 Å². The highest BCUT2D eigenvalue weighted by Crippen LogP contribution is 2.44. The third-order valence-electron chi connectivity index (χ3n) is 7.22. The zero-order chi connectivity index (χ0) is 27.2. The molecule has 1 atom stereocenters. The average molecular weight is 524 g/mol. The summed E-state index contributed by atoms with van der Waals surface area (Å²) >= 11 is 0. The van der Waals surface area contributed by atoms with E-state index in [9.17, 15) is 9.59 Å². The molecule has 0 radical (unpaired) electrons. The van der Waals surface area contributed by atoms with Gasteiger partial charge in [-0.15, -0.1) is 0 Å². The van der Waals surface area contributed by atoms with E-state index < -0.39 is 11.9 Å². The number of benzene rings is 3. The number of methoxy groups -OCH3 is 1. The second kappa shape index (κ2) is 12.0. The number of ether oxygens (including phenoxy) is 3. The fourth-order valence-electron chi connectivity index (χ4n) is 5.29. The van der Waals surface area contributed by atoms with Crippen molar-refractivity contribution in [3.8, 4) is 11.5 Å². The summed E-state index contributed by atoms with van der Waals surface area (Å²) < 4.78 is 17.5. The summed E-state index contributed by atoms with van der Waals surface area (Å²) in [7, 11) is 1.59. The maximum Gasteiger partial charge on any atom is 0.336 e. The topological polar surface area (TPSA) is 73.9 Å². The molecule has 5 rings (SSSR count). The van der Waals surface area contributed by atoms with Crippen molar-refractivity contribution in [2.45, 2.75) is 45.1 Å². The number of rotatable bonds is 9. The smallest absolute Gasteiger partial charge is 0.336 e. The average Bonchev–Trinajstić information content (AvgIpc) is 2.96. The van der Waals surface area contributed by atoms with E-state index in [4.69, 9.17) is 14.2 Å². The Morgan fingerprint density at radius 3 is 2.36 bits per heavy atom. The molecule has 6 heteroatoms. The Hall–Kier alpha value is -4.32. The Kier molecular flexibility index (Phi) is 8.11. The van der Waals surface area contributed by atoms with Crippen molar-refractivity contribution in [3.05, 3.63) is 118 Å². The first kappa shape index (κ1) is 26.3. The molecule has 0 saturated carbocycles. The van der Waals surface area contributed by atoms with E-state index in [-0.39, 0.29) is 12.4 Å². The van der Waals surface area contributed by atoms with Crippen LogP contribution in [0.1, 0.15) is 48.8 Å². The molecular weight excluding hydrogens is 490 g/mol. The minimum Gasteiger partial charge on any atom is -0.493 e. The summed E-state index contributed by atoms with van der Waals surface area (Å²) in [5.41, 5.74) is 5.62. The van der Waals surface area contributed by atoms with Crippen molar-refractivity contribution in [1.29, 1.82) is 0 Å². The van der Waals surface area contributed by atoms with Crippen molar-refractivity contribution >= 4 is 11.8 Å². The van der Waals surface area contributed by atoms with Gasteiger partial charge in [0.15, 0.2) is 17.3 Å². The number of ketones is 1. The summed E-state index contributed by atoms with van der Waals surface area (Å²) in [6.07, 6.45) is 2.63. The molecule has 1 unspecified atom stereocenters. The van der Waals surface area contributed by atoms with Gasteiger partial charge < -0.3 is 19.5 Å². The quantitative estimate of drug-likeness (QED) is 0.346. The maximum atomic E-state index is 13.5. The van der Waals surface area contributed by atoms with E-state index in [0.717, 1.165) is 35.2 Å². The largest absolute Gasteiger partial charge is 0.493 e. The number of hydrogen-bond acceptors (Lipinski definition) is 6. The van der Waals surface area contributed by atoms with Crippen molar-refractivity contribution in [2.75, 3.05) is 13.7 Å². The predicted octanol–water partition coefficient (Wildman–Crippen LogP) is 6.03. The van der Waals surface area contributed by atoms with Gasteiger partial charge in [0.2, 0.25) is 0 Å². The number of hydrogen-bond donors (Lipinski definition) is 1. The molecular formula is C33H33NO5. The Bertz CT molecular complexity index is 1410. The van der Waals surface area contributed by atoms with Crippen LogP contribution < -0.4 is 14.8 Å². The van der Waals surface area contributed by atoms with Gasteiger partial charge >= 0.3 is 5.97 Å². The van der Waals surface area contributed by atoms with Gasteiger partial charge in [-0.1, -0.05) is 66.7 Å². The molecule has 0 amide bonds. The summed E-state index contributed by atoms with van der Waals surface area (Å²) in [5, 5.41) is 3.35. The van der Waals surface area contributed by atoms with Crippen molar-refractivity contribution in [1.82, 2.24) is 5.32 Å². The van der Waals surface area contributed by atoms with Gasteiger partial charge in [0, 0.05) is 35.7 Å². The van der Waals surface area contributed by atoms with Crippen LogP contribution in [-0.2, 0) is 27.4 Å². The maximum absolute atomic E-state index is 13.5. The highest BCUT2D eigenvalue weighted by atomic mass is 16.5. The molecule has 0 fully saturated rings. The van der Waals surface area contributed by atoms with Gasteiger partial charge in [-0.05, 0) is 48.6 Å². The zero-order valence-electron chi connectivity index (χ0n) is 22.4. The van der Waals surface area contributed by atoms with Crippen LogP contribution >= 0.6 is 0 Å². The van der Waals surface area contributed by atoms with E-state index >= 15 is 0 Å². The van der Waals surface area contributed by atoms with E-state index in [0.29, 0.717) is 47.8 Å². The highest BCUT2D eigenvalue weighted by molar-refractivity contribution is 6.03. The van der Waals surface area contributed by atoms with Crippen LogP contribution in [0.2, 0.25) is 0 Å². The fraction of sp³-hybridized carbons (Fsp3) is 0.273. The van der Waals surface area contributed by atoms with E-state index in [1.165, 1.54) is 0 Å². The Morgan fingerprint density at radius 2 is 1.64 bits per heavy atom. The second-order valence-electron chi connectivity index (χ2n) is 9.82. The number of carbonyl (C=O) groups is 2. The third kappa shape index (κ3) is 5.90. The lowest BCUT2D eigenvalue weighted by Crippen LogP contribution is -2.34. The summed E-state index contributed by atoms with van der Waals surface area (Å²) in [6, 6.07) is 25.4. The summed E-state index contributed by atoms with van der Waals surface area (Å²) in [6.45, 7) is 2.52. The molecule has 3 aromatic rings. The molecule has 1 N–H and O–H groups in total. The second-order valence-corrected chi connectivity index (χ2v) is 9.82. The summed E-state index contributed by atoms with van der Waals surface area (Å²) in [4.78, 5) is 26.8. The van der Waals surface area contributed by atoms with Crippen LogP contribution in [0.15, 0.2) is 101 Å². The van der Waals surface area contributed by atoms with Gasteiger partial charge in [0.1, 0.15) is 6.61 Å². The Balaban J connectivity index is 1.44. The minimum absolute atomic E-state index is 0.0548. The van der Waals surface area contributed by atoms with Gasteiger partial charge in [-0.25, -0.2) is 4.79 Å². The van der Waals surface area contributed by atoms with E-state index in [1.807, 2.05) is 85.8 Å². The van der Waals surface area contributed by atoms with E-state index in [2.05, 4.69) is 5.32 Å². The van der Waals surface area contributed by atoms with Crippen LogP contribution in [0, 0.1) is 0 Å². The van der Waals surface area contributed by atoms with Crippen LogP contribution in [0.25, 0.3) is 0 Å². The molecule has 0 aromatic heterocycles. The Labute approximate surface area is 229 Å². The lowest BCUT2D eigenvalue weighted by molar-refractivity contribution is -0.139. The molecule has 6 nitrogen and oxygen atoms in total. The number of esters is 1. The van der Waals surface area contributed by atoms with Crippen molar-refractivity contribution < 1.29 is 23.8 Å². The molecule has 39 heavy (non-hydrogen) atoms. The molecule has 200 valence electrons. The number of Topliss-reactive ketones (excluding diaryl/α,β-unsaturated/α-hetero) is 1. The standard InChI is InChI=1S/C33H33NO5/c1-22-30(33(36)38-19-18-23-10-5-3-6-11-23)31(32-26(34-22)14-9-15-27(32)35)25-16-17-28(29(20-25)37-2)39-21-24-12-7-4-8-13-24/h3-8,10-13,16-17,20,31,34H,9,14-15,18-19,21H2,1-2H3.